The van der Waals surface area contributed by atoms with E-state index in [1.807, 2.05) is 12.1 Å². The fourth-order valence-electron chi connectivity index (χ4n) is 6.27. The van der Waals surface area contributed by atoms with Gasteiger partial charge in [0, 0.05) is 35.4 Å². The number of aromatic amines is 1. The molecule has 5 nitrogen and oxygen atoms in total. The van der Waals surface area contributed by atoms with Crippen molar-refractivity contribution >= 4 is 33.0 Å². The predicted molar refractivity (Wildman–Crippen MR) is 134 cm³/mol. The van der Waals surface area contributed by atoms with E-state index in [-0.39, 0.29) is 11.2 Å². The minimum Gasteiger partial charge on any atom is -0.371 e. The zero-order valence-electron chi connectivity index (χ0n) is 19.6. The number of benzene rings is 1. The number of aromatic nitrogens is 1. The van der Waals surface area contributed by atoms with Crippen molar-refractivity contribution in [1.82, 2.24) is 9.88 Å². The molecule has 170 valence electrons. The molecule has 1 aliphatic carbocycles. The lowest BCUT2D eigenvalue weighted by molar-refractivity contribution is 0.0945. The Morgan fingerprint density at radius 2 is 1.76 bits per heavy atom. The number of carbonyl (C=O) groups excluding carboxylic acids is 1. The van der Waals surface area contributed by atoms with E-state index < -0.39 is 0 Å². The van der Waals surface area contributed by atoms with Gasteiger partial charge in [-0.15, -0.1) is 11.3 Å². The number of thiophene rings is 1. The van der Waals surface area contributed by atoms with E-state index in [9.17, 15) is 10.1 Å². The highest BCUT2D eigenvalue weighted by molar-refractivity contribution is 7.20. The number of likely N-dealkylation sites (tertiary alicyclic amines) is 1. The summed E-state index contributed by atoms with van der Waals surface area (Å²) in [7, 11) is 2.24. The third-order valence-corrected chi connectivity index (χ3v) is 9.65. The van der Waals surface area contributed by atoms with Gasteiger partial charge >= 0.3 is 0 Å². The molecule has 2 aromatic heterocycles. The average molecular weight is 459 g/mol. The molecule has 2 fully saturated rings. The molecule has 0 atom stereocenters. The monoisotopic (exact) mass is 458 g/mol. The number of ketones is 1. The number of nitriles is 1. The van der Waals surface area contributed by atoms with E-state index in [1.165, 1.54) is 55.8 Å². The molecule has 2 saturated heterocycles. The quantitative estimate of drug-likeness (QED) is 0.539. The summed E-state index contributed by atoms with van der Waals surface area (Å²) in [5.41, 5.74) is 6.00. The second-order valence-corrected chi connectivity index (χ2v) is 11.9. The summed E-state index contributed by atoms with van der Waals surface area (Å²) in [5.74, 6) is 0.0763. The topological polar surface area (TPSA) is 63.1 Å². The molecule has 4 heterocycles. The van der Waals surface area contributed by atoms with Crippen LogP contribution >= 0.6 is 11.3 Å². The normalized spacial score (nSPS) is 21.8. The van der Waals surface area contributed by atoms with E-state index in [0.29, 0.717) is 10.3 Å². The van der Waals surface area contributed by atoms with Gasteiger partial charge in [0.15, 0.2) is 5.78 Å². The van der Waals surface area contributed by atoms with Gasteiger partial charge in [-0.3, -0.25) is 4.79 Å². The SMILES string of the molecule is CN1CCC2(CC1)CCN(c1ccc3c(c1)C(C)(C)c1[nH]c4cc(C#N)sc4c1C3=O)CC2. The van der Waals surface area contributed by atoms with Crippen LogP contribution in [0.2, 0.25) is 0 Å². The van der Waals surface area contributed by atoms with Crippen LogP contribution in [-0.4, -0.2) is 48.9 Å². The van der Waals surface area contributed by atoms with E-state index in [4.69, 9.17) is 0 Å². The van der Waals surface area contributed by atoms with Crippen molar-refractivity contribution in [3.05, 3.63) is 51.5 Å². The molecule has 1 spiro atoms. The zero-order valence-corrected chi connectivity index (χ0v) is 20.4. The van der Waals surface area contributed by atoms with Crippen molar-refractivity contribution < 1.29 is 4.79 Å². The third-order valence-electron chi connectivity index (χ3n) is 8.59. The first-order valence-electron chi connectivity index (χ1n) is 12.0. The molecule has 0 radical (unpaired) electrons. The van der Waals surface area contributed by atoms with Gasteiger partial charge in [-0.25, -0.2) is 0 Å². The van der Waals surface area contributed by atoms with E-state index in [1.54, 1.807) is 0 Å². The van der Waals surface area contributed by atoms with Crippen molar-refractivity contribution in [1.29, 1.82) is 5.26 Å². The number of nitrogens with zero attached hydrogens (tertiary/aromatic N) is 3. The van der Waals surface area contributed by atoms with Crippen molar-refractivity contribution in [3.63, 3.8) is 0 Å². The van der Waals surface area contributed by atoms with Crippen LogP contribution in [0.5, 0.6) is 0 Å². The Kier molecular flexibility index (Phi) is 4.56. The van der Waals surface area contributed by atoms with Gasteiger partial charge in [-0.05, 0) is 81.1 Å². The van der Waals surface area contributed by atoms with E-state index in [0.717, 1.165) is 45.7 Å². The van der Waals surface area contributed by atoms with Crippen LogP contribution in [0.3, 0.4) is 0 Å². The molecule has 0 amide bonds. The molecule has 6 heteroatoms. The highest BCUT2D eigenvalue weighted by Crippen LogP contribution is 2.47. The number of hydrogen-bond acceptors (Lipinski definition) is 5. The van der Waals surface area contributed by atoms with Crippen molar-refractivity contribution in [3.8, 4) is 6.07 Å². The standard InChI is InChI=1S/C27H30N4OS/c1-26(2)20-14-17(31-12-8-27(9-13-31)6-10-30(3)11-7-27)4-5-19(20)23(32)22-24-21(29-25(22)26)15-18(16-28)33-24/h4-5,14-15,29H,6-13H2,1-3H3. The van der Waals surface area contributed by atoms with Gasteiger partial charge in [0.1, 0.15) is 10.9 Å². The lowest BCUT2D eigenvalue weighted by Crippen LogP contribution is -2.46. The average Bonchev–Trinajstić information content (AvgIpc) is 3.39. The molecule has 6 rings (SSSR count). The Hall–Kier alpha value is -2.62. The van der Waals surface area contributed by atoms with Gasteiger partial charge in [-0.2, -0.15) is 5.26 Å². The fraction of sp³-hybridized carbons (Fsp3) is 0.481. The summed E-state index contributed by atoms with van der Waals surface area (Å²) in [6, 6.07) is 10.5. The Balaban J connectivity index is 1.32. The van der Waals surface area contributed by atoms with Gasteiger partial charge in [-0.1, -0.05) is 13.8 Å². The van der Waals surface area contributed by atoms with Crippen LogP contribution in [0.15, 0.2) is 24.3 Å². The third kappa shape index (κ3) is 3.09. The van der Waals surface area contributed by atoms with Crippen LogP contribution in [0, 0.1) is 16.7 Å². The fourth-order valence-corrected chi connectivity index (χ4v) is 7.23. The number of anilines is 1. The largest absolute Gasteiger partial charge is 0.371 e. The summed E-state index contributed by atoms with van der Waals surface area (Å²) in [6.45, 7) is 9.04. The van der Waals surface area contributed by atoms with Gasteiger partial charge in [0.2, 0.25) is 0 Å². The maximum absolute atomic E-state index is 13.6. The van der Waals surface area contributed by atoms with E-state index >= 15 is 0 Å². The van der Waals surface area contributed by atoms with Crippen molar-refractivity contribution in [2.24, 2.45) is 5.41 Å². The predicted octanol–water partition coefficient (Wildman–Crippen LogP) is 5.28. The number of rotatable bonds is 1. The lowest BCUT2D eigenvalue weighted by atomic mass is 9.70. The number of carbonyl (C=O) groups is 1. The molecular weight excluding hydrogens is 428 g/mol. The first-order valence-corrected chi connectivity index (χ1v) is 12.8. The molecule has 0 bridgehead atoms. The van der Waals surface area contributed by atoms with E-state index in [2.05, 4.69) is 53.9 Å². The summed E-state index contributed by atoms with van der Waals surface area (Å²) >= 11 is 1.41. The van der Waals surface area contributed by atoms with Crippen molar-refractivity contribution in [2.75, 3.05) is 38.1 Å². The van der Waals surface area contributed by atoms with Crippen LogP contribution in [-0.2, 0) is 5.41 Å². The molecule has 33 heavy (non-hydrogen) atoms. The van der Waals surface area contributed by atoms with Crippen LogP contribution in [0.4, 0.5) is 5.69 Å². The highest BCUT2D eigenvalue weighted by Gasteiger charge is 2.41. The molecule has 3 aromatic rings. The minimum absolute atomic E-state index is 0.0763. The minimum atomic E-state index is -0.300. The second-order valence-electron chi connectivity index (χ2n) is 10.8. The van der Waals surface area contributed by atoms with Gasteiger partial charge in [0.25, 0.3) is 0 Å². The molecule has 0 saturated carbocycles. The lowest BCUT2D eigenvalue weighted by Gasteiger charge is -2.47. The Bertz CT molecular complexity index is 1310. The zero-order chi connectivity index (χ0) is 23.0. The smallest absolute Gasteiger partial charge is 0.196 e. The number of piperidine rings is 2. The van der Waals surface area contributed by atoms with Gasteiger partial charge < -0.3 is 14.8 Å². The second kappa shape index (κ2) is 7.19. The summed E-state index contributed by atoms with van der Waals surface area (Å²) in [6.07, 6.45) is 5.17. The summed E-state index contributed by atoms with van der Waals surface area (Å²) in [5, 5.41) is 9.29. The van der Waals surface area contributed by atoms with Crippen LogP contribution in [0.1, 0.15) is 71.6 Å². The summed E-state index contributed by atoms with van der Waals surface area (Å²) in [4.78, 5) is 22.7. The number of hydrogen-bond donors (Lipinski definition) is 1. The number of nitrogens with one attached hydrogen (secondary N) is 1. The van der Waals surface area contributed by atoms with Crippen LogP contribution in [0.25, 0.3) is 10.2 Å². The molecular formula is C27H30N4OS. The van der Waals surface area contributed by atoms with Gasteiger partial charge in [0.05, 0.1) is 15.8 Å². The number of H-pyrrole nitrogens is 1. The molecule has 1 aromatic carbocycles. The first-order chi connectivity index (χ1) is 15.8. The Labute approximate surface area is 199 Å². The molecule has 0 unspecified atom stereocenters. The maximum atomic E-state index is 13.6. The summed E-state index contributed by atoms with van der Waals surface area (Å²) < 4.78 is 0.911. The Morgan fingerprint density at radius 3 is 2.45 bits per heavy atom. The maximum Gasteiger partial charge on any atom is 0.196 e. The van der Waals surface area contributed by atoms with Crippen LogP contribution < -0.4 is 4.90 Å². The molecule has 1 N–H and O–H groups in total. The first kappa shape index (κ1) is 20.9. The highest BCUT2D eigenvalue weighted by atomic mass is 32.1. The molecule has 3 aliphatic rings. The van der Waals surface area contributed by atoms with Crippen molar-refractivity contribution in [2.45, 2.75) is 44.9 Å². The molecule has 2 aliphatic heterocycles. The Morgan fingerprint density at radius 1 is 1.06 bits per heavy atom. The number of fused-ring (bicyclic) bond motifs is 4.